The molecule has 2 atom stereocenters. The number of ether oxygens (including phenoxy) is 1. The molecule has 1 aliphatic heterocycles. The predicted molar refractivity (Wildman–Crippen MR) is 111 cm³/mol. The maximum atomic E-state index is 13.2. The molecule has 1 saturated heterocycles. The Morgan fingerprint density at radius 1 is 1.30 bits per heavy atom. The lowest BCUT2D eigenvalue weighted by Gasteiger charge is -2.35. The summed E-state index contributed by atoms with van der Waals surface area (Å²) in [5.74, 6) is 0.244. The summed E-state index contributed by atoms with van der Waals surface area (Å²) in [4.78, 5) is 17.2. The molecule has 0 bridgehead atoms. The zero-order valence-corrected chi connectivity index (χ0v) is 18.3. The third kappa shape index (κ3) is 6.96. The lowest BCUT2D eigenvalue weighted by Crippen LogP contribution is -2.50. The van der Waals surface area contributed by atoms with Crippen LogP contribution in [0.1, 0.15) is 44.9 Å². The monoisotopic (exact) mass is 429 g/mol. The summed E-state index contributed by atoms with van der Waals surface area (Å²) >= 11 is 0. The molecule has 2 rings (SSSR count). The Labute approximate surface area is 177 Å². The van der Waals surface area contributed by atoms with Gasteiger partial charge in [-0.25, -0.2) is 0 Å². The van der Waals surface area contributed by atoms with Gasteiger partial charge in [-0.05, 0) is 36.7 Å². The molecule has 1 aromatic rings. The summed E-state index contributed by atoms with van der Waals surface area (Å²) < 4.78 is 45.3. The maximum absolute atomic E-state index is 13.2. The standard InChI is InChI=1S/C22H34F3N3O2/c1-5-28(6-2)20(17-8-7-9-18(12-17)22(23,24)25)21(29)26-13-19-15-27(10-11-30-19)14-16(3)4/h7-9,12,16,19-20H,5-6,10-11,13-15H2,1-4H3,(H,26,29). The van der Waals surface area contributed by atoms with E-state index < -0.39 is 17.8 Å². The van der Waals surface area contributed by atoms with Crippen molar-refractivity contribution >= 4 is 5.91 Å². The maximum Gasteiger partial charge on any atom is 0.416 e. The lowest BCUT2D eigenvalue weighted by atomic mass is 10.0. The molecule has 8 heteroatoms. The first-order chi connectivity index (χ1) is 14.2. The number of hydrogen-bond donors (Lipinski definition) is 1. The van der Waals surface area contributed by atoms with Crippen molar-refractivity contribution in [3.63, 3.8) is 0 Å². The van der Waals surface area contributed by atoms with Crippen molar-refractivity contribution in [3.05, 3.63) is 35.4 Å². The molecule has 1 amide bonds. The minimum absolute atomic E-state index is 0.125. The summed E-state index contributed by atoms with van der Waals surface area (Å²) in [5, 5.41) is 2.92. The van der Waals surface area contributed by atoms with E-state index in [9.17, 15) is 18.0 Å². The fourth-order valence-corrected chi connectivity index (χ4v) is 3.90. The molecule has 1 fully saturated rings. The number of halogens is 3. The number of carbonyl (C=O) groups is 1. The van der Waals surface area contributed by atoms with Crippen LogP contribution >= 0.6 is 0 Å². The Hall–Kier alpha value is -1.64. The van der Waals surface area contributed by atoms with Crippen LogP contribution in [0.25, 0.3) is 0 Å². The second-order valence-corrected chi connectivity index (χ2v) is 8.14. The number of carbonyl (C=O) groups excluding carboxylic acids is 1. The molecule has 0 radical (unpaired) electrons. The molecule has 0 spiro atoms. The molecular formula is C22H34F3N3O2. The van der Waals surface area contributed by atoms with Crippen LogP contribution in [0.15, 0.2) is 24.3 Å². The van der Waals surface area contributed by atoms with E-state index in [-0.39, 0.29) is 12.0 Å². The lowest BCUT2D eigenvalue weighted by molar-refractivity contribution is -0.138. The molecule has 170 valence electrons. The highest BCUT2D eigenvalue weighted by Gasteiger charge is 2.33. The number of rotatable bonds is 9. The first kappa shape index (κ1) is 24.6. The average Bonchev–Trinajstić information content (AvgIpc) is 2.69. The van der Waals surface area contributed by atoms with Crippen LogP contribution in [0.3, 0.4) is 0 Å². The number of amides is 1. The zero-order valence-electron chi connectivity index (χ0n) is 18.3. The van der Waals surface area contributed by atoms with Gasteiger partial charge in [-0.2, -0.15) is 13.2 Å². The van der Waals surface area contributed by atoms with Crippen molar-refractivity contribution in [1.29, 1.82) is 0 Å². The van der Waals surface area contributed by atoms with E-state index in [1.807, 2.05) is 18.7 Å². The summed E-state index contributed by atoms with van der Waals surface area (Å²) in [6.45, 7) is 12.7. The fraction of sp³-hybridized carbons (Fsp3) is 0.682. The molecule has 0 aromatic heterocycles. The second-order valence-electron chi connectivity index (χ2n) is 8.14. The van der Waals surface area contributed by atoms with E-state index in [2.05, 4.69) is 24.1 Å². The number of nitrogens with one attached hydrogen (secondary N) is 1. The van der Waals surface area contributed by atoms with Crippen molar-refractivity contribution in [1.82, 2.24) is 15.1 Å². The SMILES string of the molecule is CCN(CC)C(C(=O)NCC1CN(CC(C)C)CCO1)c1cccc(C(F)(F)F)c1. The number of benzene rings is 1. The zero-order chi connectivity index (χ0) is 22.3. The van der Waals surface area contributed by atoms with Crippen LogP contribution in [0.2, 0.25) is 0 Å². The Bertz CT molecular complexity index is 678. The van der Waals surface area contributed by atoms with Crippen molar-refractivity contribution in [2.24, 2.45) is 5.92 Å². The molecule has 2 unspecified atom stereocenters. The molecule has 1 aromatic carbocycles. The highest BCUT2D eigenvalue weighted by atomic mass is 19.4. The second kappa shape index (κ2) is 11.1. The van der Waals surface area contributed by atoms with Crippen LogP contribution < -0.4 is 5.32 Å². The summed E-state index contributed by atoms with van der Waals surface area (Å²) in [6, 6.07) is 4.26. The predicted octanol–water partition coefficient (Wildman–Crippen LogP) is 3.56. The molecule has 30 heavy (non-hydrogen) atoms. The third-order valence-electron chi connectivity index (χ3n) is 5.31. The quantitative estimate of drug-likeness (QED) is 0.652. The Balaban J connectivity index is 2.11. The number of hydrogen-bond acceptors (Lipinski definition) is 4. The van der Waals surface area contributed by atoms with Crippen molar-refractivity contribution < 1.29 is 22.7 Å². The Morgan fingerprint density at radius 3 is 2.60 bits per heavy atom. The minimum atomic E-state index is -4.45. The van der Waals surface area contributed by atoms with Gasteiger partial charge >= 0.3 is 6.18 Å². The van der Waals surface area contributed by atoms with Crippen LogP contribution in [0.5, 0.6) is 0 Å². The number of nitrogens with zero attached hydrogens (tertiary/aromatic N) is 2. The summed E-state index contributed by atoms with van der Waals surface area (Å²) in [5.41, 5.74) is -0.401. The van der Waals surface area contributed by atoms with Gasteiger partial charge in [0.1, 0.15) is 6.04 Å². The van der Waals surface area contributed by atoms with Crippen molar-refractivity contribution in [2.75, 3.05) is 45.9 Å². The van der Waals surface area contributed by atoms with Gasteiger partial charge in [-0.1, -0.05) is 39.8 Å². The smallest absolute Gasteiger partial charge is 0.374 e. The summed E-state index contributed by atoms with van der Waals surface area (Å²) in [6.07, 6.45) is -4.57. The molecule has 5 nitrogen and oxygen atoms in total. The van der Waals surface area contributed by atoms with Gasteiger partial charge in [-0.15, -0.1) is 0 Å². The van der Waals surface area contributed by atoms with E-state index in [1.54, 1.807) is 6.07 Å². The molecule has 0 aliphatic carbocycles. The van der Waals surface area contributed by atoms with Crippen LogP contribution in [0.4, 0.5) is 13.2 Å². The Kier molecular flexibility index (Phi) is 9.12. The van der Waals surface area contributed by atoms with Gasteiger partial charge in [0, 0.05) is 26.2 Å². The molecule has 1 heterocycles. The van der Waals surface area contributed by atoms with Crippen LogP contribution in [-0.4, -0.2) is 67.7 Å². The number of morpholine rings is 1. The van der Waals surface area contributed by atoms with Crippen molar-refractivity contribution in [3.8, 4) is 0 Å². The first-order valence-electron chi connectivity index (χ1n) is 10.7. The van der Waals surface area contributed by atoms with Gasteiger partial charge in [0.05, 0.1) is 18.3 Å². The minimum Gasteiger partial charge on any atom is -0.374 e. The van der Waals surface area contributed by atoms with E-state index in [1.165, 1.54) is 6.07 Å². The van der Waals surface area contributed by atoms with Crippen molar-refractivity contribution in [2.45, 2.75) is 46.0 Å². The largest absolute Gasteiger partial charge is 0.416 e. The normalized spacial score (nSPS) is 19.3. The third-order valence-corrected chi connectivity index (χ3v) is 5.31. The Morgan fingerprint density at radius 2 is 2.00 bits per heavy atom. The molecule has 1 aliphatic rings. The summed E-state index contributed by atoms with van der Waals surface area (Å²) in [7, 11) is 0. The number of likely N-dealkylation sites (N-methyl/N-ethyl adjacent to an activating group) is 1. The highest BCUT2D eigenvalue weighted by Crippen LogP contribution is 2.32. The van der Waals surface area contributed by atoms with Gasteiger partial charge < -0.3 is 10.1 Å². The molecular weight excluding hydrogens is 395 g/mol. The van der Waals surface area contributed by atoms with E-state index in [0.29, 0.717) is 37.7 Å². The highest BCUT2D eigenvalue weighted by molar-refractivity contribution is 5.83. The van der Waals surface area contributed by atoms with E-state index in [4.69, 9.17) is 4.74 Å². The average molecular weight is 430 g/mol. The van der Waals surface area contributed by atoms with Crippen LogP contribution in [0, 0.1) is 5.92 Å². The van der Waals surface area contributed by atoms with Gasteiger partial charge in [0.25, 0.3) is 0 Å². The molecule has 1 N–H and O–H groups in total. The van der Waals surface area contributed by atoms with Gasteiger partial charge in [0.15, 0.2) is 0 Å². The fourth-order valence-electron chi connectivity index (χ4n) is 3.90. The van der Waals surface area contributed by atoms with Crippen LogP contribution in [-0.2, 0) is 15.7 Å². The number of alkyl halides is 3. The topological polar surface area (TPSA) is 44.8 Å². The van der Waals surface area contributed by atoms with E-state index >= 15 is 0 Å². The molecule has 0 saturated carbocycles. The first-order valence-corrected chi connectivity index (χ1v) is 10.7. The van der Waals surface area contributed by atoms with Gasteiger partial charge in [0.2, 0.25) is 5.91 Å². The van der Waals surface area contributed by atoms with E-state index in [0.717, 1.165) is 31.8 Å². The van der Waals surface area contributed by atoms with Gasteiger partial charge in [-0.3, -0.25) is 14.6 Å².